The highest BCUT2D eigenvalue weighted by molar-refractivity contribution is 6.30. The third-order valence-corrected chi connectivity index (χ3v) is 2.99. The van der Waals surface area contributed by atoms with Gasteiger partial charge >= 0.3 is 0 Å². The molecule has 1 fully saturated rings. The third kappa shape index (κ3) is 3.17. The van der Waals surface area contributed by atoms with E-state index in [-0.39, 0.29) is 5.82 Å². The second kappa shape index (κ2) is 5.62. The highest BCUT2D eigenvalue weighted by Crippen LogP contribution is 2.15. The van der Waals surface area contributed by atoms with Crippen molar-refractivity contribution >= 4 is 11.6 Å². The fourth-order valence-corrected chi connectivity index (χ4v) is 1.98. The van der Waals surface area contributed by atoms with Crippen LogP contribution in [0.4, 0.5) is 4.39 Å². The summed E-state index contributed by atoms with van der Waals surface area (Å²) in [6.07, 6.45) is 2.16. The molecule has 1 atom stereocenters. The van der Waals surface area contributed by atoms with E-state index >= 15 is 0 Å². The second-order valence-corrected chi connectivity index (χ2v) is 4.47. The van der Waals surface area contributed by atoms with E-state index < -0.39 is 0 Å². The van der Waals surface area contributed by atoms with Gasteiger partial charge in [0.15, 0.2) is 0 Å². The summed E-state index contributed by atoms with van der Waals surface area (Å²) in [5.41, 5.74) is 0.648. The maximum absolute atomic E-state index is 13.4. The maximum Gasteiger partial charge on any atom is 0.129 e. The first-order chi connectivity index (χ1) is 7.75. The number of ether oxygens (including phenoxy) is 1. The highest BCUT2D eigenvalue weighted by Gasteiger charge is 2.13. The van der Waals surface area contributed by atoms with E-state index in [9.17, 15) is 4.39 Å². The van der Waals surface area contributed by atoms with Gasteiger partial charge in [-0.15, -0.1) is 0 Å². The molecule has 1 aromatic rings. The summed E-state index contributed by atoms with van der Waals surface area (Å²) in [7, 11) is 0. The molecule has 1 saturated heterocycles. The van der Waals surface area contributed by atoms with Gasteiger partial charge in [-0.2, -0.15) is 0 Å². The Kier molecular flexibility index (Phi) is 4.16. The van der Waals surface area contributed by atoms with E-state index in [4.69, 9.17) is 16.3 Å². The average molecular weight is 244 g/mol. The van der Waals surface area contributed by atoms with Crippen molar-refractivity contribution in [2.45, 2.75) is 25.4 Å². The van der Waals surface area contributed by atoms with Crippen molar-refractivity contribution in [3.05, 3.63) is 34.6 Å². The molecule has 2 nitrogen and oxygen atoms in total. The van der Waals surface area contributed by atoms with Gasteiger partial charge in [0.25, 0.3) is 0 Å². The molecule has 0 spiro atoms. The molecule has 2 rings (SSSR count). The standard InChI is InChI=1S/C12H15ClFNO/c13-10-4-3-9(12(14)6-10)7-15-11-2-1-5-16-8-11/h3-4,6,11,15H,1-2,5,7-8H2. The van der Waals surface area contributed by atoms with Crippen LogP contribution in [-0.4, -0.2) is 19.3 Å². The van der Waals surface area contributed by atoms with E-state index in [0.29, 0.717) is 23.2 Å². The molecule has 0 amide bonds. The molecular formula is C12H15ClFNO. The first-order valence-electron chi connectivity index (χ1n) is 5.51. The van der Waals surface area contributed by atoms with Crippen LogP contribution < -0.4 is 5.32 Å². The van der Waals surface area contributed by atoms with E-state index in [1.54, 1.807) is 12.1 Å². The van der Waals surface area contributed by atoms with Crippen LogP contribution in [0.15, 0.2) is 18.2 Å². The molecule has 0 saturated carbocycles. The topological polar surface area (TPSA) is 21.3 Å². The largest absolute Gasteiger partial charge is 0.380 e. The van der Waals surface area contributed by atoms with Crippen molar-refractivity contribution in [3.8, 4) is 0 Å². The minimum absolute atomic E-state index is 0.253. The maximum atomic E-state index is 13.4. The molecule has 1 aliphatic heterocycles. The highest BCUT2D eigenvalue weighted by atomic mass is 35.5. The molecule has 88 valence electrons. The summed E-state index contributed by atoms with van der Waals surface area (Å²) < 4.78 is 18.8. The van der Waals surface area contributed by atoms with Gasteiger partial charge < -0.3 is 10.1 Å². The lowest BCUT2D eigenvalue weighted by molar-refractivity contribution is 0.0698. The number of nitrogens with one attached hydrogen (secondary N) is 1. The van der Waals surface area contributed by atoms with Crippen LogP contribution in [0.5, 0.6) is 0 Å². The second-order valence-electron chi connectivity index (χ2n) is 4.03. The Hall–Kier alpha value is -0.640. The Balaban J connectivity index is 1.88. The molecule has 16 heavy (non-hydrogen) atoms. The average Bonchev–Trinajstić information content (AvgIpc) is 2.29. The predicted octanol–water partition coefficient (Wildman–Crippen LogP) is 2.75. The Morgan fingerprint density at radius 2 is 2.38 bits per heavy atom. The van der Waals surface area contributed by atoms with Gasteiger partial charge in [-0.3, -0.25) is 0 Å². The predicted molar refractivity (Wildman–Crippen MR) is 62.1 cm³/mol. The van der Waals surface area contributed by atoms with E-state index in [0.717, 1.165) is 26.1 Å². The zero-order valence-corrected chi connectivity index (χ0v) is 9.77. The zero-order chi connectivity index (χ0) is 11.4. The summed E-state index contributed by atoms with van der Waals surface area (Å²) in [4.78, 5) is 0. The fraction of sp³-hybridized carbons (Fsp3) is 0.500. The lowest BCUT2D eigenvalue weighted by atomic mass is 10.1. The molecule has 0 radical (unpaired) electrons. The van der Waals surface area contributed by atoms with Crippen molar-refractivity contribution in [1.82, 2.24) is 5.32 Å². The van der Waals surface area contributed by atoms with Gasteiger partial charge in [0.05, 0.1) is 6.61 Å². The summed E-state index contributed by atoms with van der Waals surface area (Å²) in [6, 6.07) is 5.10. The Bertz CT molecular complexity index is 353. The van der Waals surface area contributed by atoms with Gasteiger partial charge in [0.1, 0.15) is 5.82 Å². The van der Waals surface area contributed by atoms with Crippen molar-refractivity contribution in [2.24, 2.45) is 0 Å². The monoisotopic (exact) mass is 243 g/mol. The molecule has 0 aromatic heterocycles. The normalized spacial score (nSPS) is 21.0. The Labute approximate surface area is 99.7 Å². The van der Waals surface area contributed by atoms with Crippen LogP contribution in [-0.2, 0) is 11.3 Å². The van der Waals surface area contributed by atoms with Crippen LogP contribution in [0.2, 0.25) is 5.02 Å². The number of halogens is 2. The molecule has 0 bridgehead atoms. The Morgan fingerprint density at radius 1 is 1.50 bits per heavy atom. The van der Waals surface area contributed by atoms with Crippen LogP contribution in [0, 0.1) is 5.82 Å². The van der Waals surface area contributed by atoms with Crippen LogP contribution in [0.3, 0.4) is 0 Å². The third-order valence-electron chi connectivity index (χ3n) is 2.76. The molecule has 1 unspecified atom stereocenters. The van der Waals surface area contributed by atoms with Gasteiger partial charge in [-0.1, -0.05) is 17.7 Å². The van der Waals surface area contributed by atoms with Crippen molar-refractivity contribution in [3.63, 3.8) is 0 Å². The molecule has 1 aliphatic rings. The smallest absolute Gasteiger partial charge is 0.129 e. The van der Waals surface area contributed by atoms with Crippen LogP contribution in [0.1, 0.15) is 18.4 Å². The van der Waals surface area contributed by atoms with E-state index in [1.165, 1.54) is 6.07 Å². The minimum Gasteiger partial charge on any atom is -0.380 e. The van der Waals surface area contributed by atoms with E-state index in [1.807, 2.05) is 0 Å². The summed E-state index contributed by atoms with van der Waals surface area (Å²) >= 11 is 5.69. The Morgan fingerprint density at radius 3 is 3.06 bits per heavy atom. The SMILES string of the molecule is Fc1cc(Cl)ccc1CNC1CCCOC1. The number of hydrogen-bond acceptors (Lipinski definition) is 2. The summed E-state index contributed by atoms with van der Waals surface area (Å²) in [6.45, 7) is 2.08. The number of benzene rings is 1. The van der Waals surface area contributed by atoms with Crippen LogP contribution >= 0.6 is 11.6 Å². The number of hydrogen-bond donors (Lipinski definition) is 1. The van der Waals surface area contributed by atoms with Gasteiger partial charge in [-0.25, -0.2) is 4.39 Å². The molecule has 1 N–H and O–H groups in total. The summed E-state index contributed by atoms with van der Waals surface area (Å²) in [5.74, 6) is -0.253. The number of rotatable bonds is 3. The van der Waals surface area contributed by atoms with Gasteiger partial charge in [0, 0.05) is 29.8 Å². The first-order valence-corrected chi connectivity index (χ1v) is 5.88. The molecule has 1 aromatic carbocycles. The van der Waals surface area contributed by atoms with Gasteiger partial charge in [0.2, 0.25) is 0 Å². The first kappa shape index (κ1) is 11.8. The van der Waals surface area contributed by atoms with Crippen molar-refractivity contribution in [1.29, 1.82) is 0 Å². The molecule has 0 aliphatic carbocycles. The zero-order valence-electron chi connectivity index (χ0n) is 9.01. The lowest BCUT2D eigenvalue weighted by Gasteiger charge is -2.23. The van der Waals surface area contributed by atoms with Crippen molar-refractivity contribution in [2.75, 3.05) is 13.2 Å². The molecular weight excluding hydrogens is 229 g/mol. The lowest BCUT2D eigenvalue weighted by Crippen LogP contribution is -2.36. The molecule has 1 heterocycles. The van der Waals surface area contributed by atoms with Crippen molar-refractivity contribution < 1.29 is 9.13 Å². The van der Waals surface area contributed by atoms with Crippen LogP contribution in [0.25, 0.3) is 0 Å². The minimum atomic E-state index is -0.253. The van der Waals surface area contributed by atoms with E-state index in [2.05, 4.69) is 5.32 Å². The summed E-state index contributed by atoms with van der Waals surface area (Å²) in [5, 5.41) is 3.72. The molecule has 4 heteroatoms. The van der Waals surface area contributed by atoms with Gasteiger partial charge in [-0.05, 0) is 25.0 Å². The quantitative estimate of drug-likeness (QED) is 0.882. The fourth-order valence-electron chi connectivity index (χ4n) is 1.82.